The van der Waals surface area contributed by atoms with E-state index in [0.717, 1.165) is 49.0 Å². The Morgan fingerprint density at radius 1 is 1.04 bits per heavy atom. The van der Waals surface area contributed by atoms with E-state index in [1.165, 1.54) is 5.56 Å². The van der Waals surface area contributed by atoms with Crippen LogP contribution >= 0.6 is 24.0 Å². The van der Waals surface area contributed by atoms with Crippen LogP contribution in [0.5, 0.6) is 0 Å². The Morgan fingerprint density at radius 3 is 2.43 bits per heavy atom. The van der Waals surface area contributed by atoms with Gasteiger partial charge in [-0.3, -0.25) is 4.79 Å². The van der Waals surface area contributed by atoms with Gasteiger partial charge in [-0.05, 0) is 54.7 Å². The summed E-state index contributed by atoms with van der Waals surface area (Å²) in [5.41, 5.74) is 10.0. The van der Waals surface area contributed by atoms with E-state index in [9.17, 15) is 4.79 Å². The smallest absolute Gasteiger partial charge is 0.227 e. The maximum atomic E-state index is 12.3. The Morgan fingerprint density at radius 2 is 1.75 bits per heavy atom. The third-order valence-electron chi connectivity index (χ3n) is 4.99. The second-order valence-electron chi connectivity index (χ2n) is 7.05. The van der Waals surface area contributed by atoms with Gasteiger partial charge in [0.1, 0.15) is 0 Å². The molecule has 4 N–H and O–H groups in total. The number of aliphatic imine (C=N–C) groups is 1. The number of nitrogens with zero attached hydrogens (tertiary/aromatic N) is 1. The van der Waals surface area contributed by atoms with Gasteiger partial charge >= 0.3 is 0 Å². The van der Waals surface area contributed by atoms with Crippen LogP contribution in [0.25, 0.3) is 0 Å². The number of rotatable bonds is 6. The first-order chi connectivity index (χ1) is 13.1. The molecule has 0 aromatic heterocycles. The lowest BCUT2D eigenvalue weighted by Gasteiger charge is -2.11. The molecule has 1 fully saturated rings. The third kappa shape index (κ3) is 6.51. The van der Waals surface area contributed by atoms with Crippen molar-refractivity contribution in [2.24, 2.45) is 16.6 Å². The average molecular weight is 492 g/mol. The lowest BCUT2D eigenvalue weighted by molar-refractivity contribution is -0.119. The molecule has 28 heavy (non-hydrogen) atoms. The average Bonchev–Trinajstić information content (AvgIpc) is 3.22. The molecule has 0 bridgehead atoms. The predicted molar refractivity (Wildman–Crippen MR) is 127 cm³/mol. The summed E-state index contributed by atoms with van der Waals surface area (Å²) in [5, 5.41) is 6.13. The second-order valence-corrected chi connectivity index (χ2v) is 7.05. The number of nitrogens with two attached hydrogens (primary N) is 1. The standard InChI is InChI=1S/C22H28N4O.HI/c1-2-16-10-12-19(13-11-16)26-22(23)24-15-17-6-5-9-20(14-17)25-21(27)18-7-3-4-8-18;/h5-6,9-14,18H,2-4,7-8,15H2,1H3,(H,25,27)(H3,23,24,26);1H. The molecule has 0 spiro atoms. The molecule has 0 unspecified atom stereocenters. The lowest BCUT2D eigenvalue weighted by atomic mass is 10.1. The topological polar surface area (TPSA) is 79.5 Å². The van der Waals surface area contributed by atoms with Crippen molar-refractivity contribution in [3.63, 3.8) is 0 Å². The van der Waals surface area contributed by atoms with Crippen molar-refractivity contribution in [2.75, 3.05) is 10.6 Å². The summed E-state index contributed by atoms with van der Waals surface area (Å²) in [4.78, 5) is 16.7. The summed E-state index contributed by atoms with van der Waals surface area (Å²) in [6.07, 6.45) is 5.31. The number of hydrogen-bond acceptors (Lipinski definition) is 2. The van der Waals surface area contributed by atoms with E-state index in [2.05, 4.69) is 34.7 Å². The Hall–Kier alpha value is -2.09. The largest absolute Gasteiger partial charge is 0.370 e. The molecular formula is C22H29IN4O. The summed E-state index contributed by atoms with van der Waals surface area (Å²) in [6.45, 7) is 2.58. The van der Waals surface area contributed by atoms with Gasteiger partial charge in [0.05, 0.1) is 6.54 Å². The molecule has 1 saturated carbocycles. The van der Waals surface area contributed by atoms with Crippen molar-refractivity contribution in [3.8, 4) is 0 Å². The summed E-state index contributed by atoms with van der Waals surface area (Å²) in [6, 6.07) is 15.9. The zero-order chi connectivity index (χ0) is 19.1. The number of halogens is 1. The molecule has 1 aliphatic carbocycles. The molecule has 0 radical (unpaired) electrons. The Bertz CT molecular complexity index is 798. The van der Waals surface area contributed by atoms with E-state index >= 15 is 0 Å². The quantitative estimate of drug-likeness (QED) is 0.304. The fraction of sp³-hybridized carbons (Fsp3) is 0.364. The van der Waals surface area contributed by atoms with Crippen LogP contribution in [-0.4, -0.2) is 11.9 Å². The molecule has 0 aliphatic heterocycles. The number of aryl methyl sites for hydroxylation is 1. The van der Waals surface area contributed by atoms with Crippen LogP contribution < -0.4 is 16.4 Å². The van der Waals surface area contributed by atoms with Gasteiger partial charge in [-0.2, -0.15) is 0 Å². The summed E-state index contributed by atoms with van der Waals surface area (Å²) in [5.74, 6) is 0.662. The van der Waals surface area contributed by atoms with Crippen LogP contribution in [0.4, 0.5) is 11.4 Å². The van der Waals surface area contributed by atoms with Gasteiger partial charge in [0, 0.05) is 17.3 Å². The lowest BCUT2D eigenvalue weighted by Crippen LogP contribution is -2.22. The van der Waals surface area contributed by atoms with Gasteiger partial charge in [-0.25, -0.2) is 4.99 Å². The molecule has 2 aromatic carbocycles. The molecule has 0 saturated heterocycles. The predicted octanol–water partition coefficient (Wildman–Crippen LogP) is 4.92. The van der Waals surface area contributed by atoms with E-state index < -0.39 is 0 Å². The highest BCUT2D eigenvalue weighted by Gasteiger charge is 2.22. The highest BCUT2D eigenvalue weighted by atomic mass is 127. The maximum absolute atomic E-state index is 12.3. The van der Waals surface area contributed by atoms with Crippen molar-refractivity contribution in [1.82, 2.24) is 0 Å². The monoisotopic (exact) mass is 492 g/mol. The first kappa shape index (κ1) is 22.2. The summed E-state index contributed by atoms with van der Waals surface area (Å²) < 4.78 is 0. The summed E-state index contributed by atoms with van der Waals surface area (Å²) in [7, 11) is 0. The van der Waals surface area contributed by atoms with Crippen LogP contribution in [0, 0.1) is 5.92 Å². The van der Waals surface area contributed by atoms with Crippen molar-refractivity contribution in [3.05, 3.63) is 59.7 Å². The van der Waals surface area contributed by atoms with Crippen molar-refractivity contribution in [1.29, 1.82) is 0 Å². The van der Waals surface area contributed by atoms with Crippen molar-refractivity contribution < 1.29 is 4.79 Å². The minimum atomic E-state index is 0. The number of carbonyl (C=O) groups is 1. The van der Waals surface area contributed by atoms with E-state index in [1.807, 2.05) is 36.4 Å². The SMILES string of the molecule is CCc1ccc(NC(N)=NCc2cccc(NC(=O)C3CCCC3)c2)cc1.I. The van der Waals surface area contributed by atoms with Gasteiger partial charge in [0.15, 0.2) is 5.96 Å². The van der Waals surface area contributed by atoms with Gasteiger partial charge in [0.2, 0.25) is 5.91 Å². The fourth-order valence-corrected chi connectivity index (χ4v) is 3.37. The Kier molecular flexibility index (Phi) is 8.76. The highest BCUT2D eigenvalue weighted by Crippen LogP contribution is 2.26. The third-order valence-corrected chi connectivity index (χ3v) is 4.99. The molecule has 0 heterocycles. The van der Waals surface area contributed by atoms with Crippen LogP contribution in [-0.2, 0) is 17.8 Å². The Labute approximate surface area is 184 Å². The minimum Gasteiger partial charge on any atom is -0.370 e. The van der Waals surface area contributed by atoms with Gasteiger partial charge in [-0.1, -0.05) is 44.0 Å². The molecule has 2 aromatic rings. The molecule has 150 valence electrons. The van der Waals surface area contributed by atoms with E-state index in [4.69, 9.17) is 5.73 Å². The van der Waals surface area contributed by atoms with Crippen LogP contribution in [0.1, 0.15) is 43.7 Å². The maximum Gasteiger partial charge on any atom is 0.227 e. The molecule has 3 rings (SSSR count). The number of carbonyl (C=O) groups excluding carboxylic acids is 1. The number of benzene rings is 2. The van der Waals surface area contributed by atoms with Gasteiger partial charge in [0.25, 0.3) is 0 Å². The minimum absolute atomic E-state index is 0. The fourth-order valence-electron chi connectivity index (χ4n) is 3.37. The Balaban J connectivity index is 0.00000280. The van der Waals surface area contributed by atoms with Crippen molar-refractivity contribution >= 4 is 47.2 Å². The van der Waals surface area contributed by atoms with Crippen LogP contribution in [0.2, 0.25) is 0 Å². The van der Waals surface area contributed by atoms with Crippen LogP contribution in [0.3, 0.4) is 0 Å². The molecule has 1 amide bonds. The van der Waals surface area contributed by atoms with E-state index in [0.29, 0.717) is 12.5 Å². The van der Waals surface area contributed by atoms with E-state index in [1.54, 1.807) is 0 Å². The van der Waals surface area contributed by atoms with Gasteiger partial charge < -0.3 is 16.4 Å². The zero-order valence-corrected chi connectivity index (χ0v) is 18.6. The zero-order valence-electron chi connectivity index (χ0n) is 16.3. The first-order valence-corrected chi connectivity index (χ1v) is 9.69. The number of hydrogen-bond donors (Lipinski definition) is 3. The number of nitrogens with one attached hydrogen (secondary N) is 2. The number of amides is 1. The van der Waals surface area contributed by atoms with Gasteiger partial charge in [-0.15, -0.1) is 24.0 Å². The van der Waals surface area contributed by atoms with Crippen molar-refractivity contribution in [2.45, 2.75) is 45.6 Å². The highest BCUT2D eigenvalue weighted by molar-refractivity contribution is 14.0. The van der Waals surface area contributed by atoms with Crippen LogP contribution in [0.15, 0.2) is 53.5 Å². The second kappa shape index (κ2) is 11.0. The normalized spacial score (nSPS) is 14.4. The molecule has 1 aliphatic rings. The molecule has 0 atom stereocenters. The molecular weight excluding hydrogens is 463 g/mol. The van der Waals surface area contributed by atoms with E-state index in [-0.39, 0.29) is 35.8 Å². The number of anilines is 2. The molecule has 6 heteroatoms. The molecule has 5 nitrogen and oxygen atoms in total. The summed E-state index contributed by atoms with van der Waals surface area (Å²) >= 11 is 0. The number of guanidine groups is 1. The first-order valence-electron chi connectivity index (χ1n) is 9.69.